The molecule has 11 atom stereocenters. The van der Waals surface area contributed by atoms with E-state index >= 15 is 0 Å². The van der Waals surface area contributed by atoms with E-state index in [0.717, 1.165) is 44.3 Å². The minimum Gasteiger partial charge on any atom is -0.462 e. The van der Waals surface area contributed by atoms with Gasteiger partial charge in [-0.3, -0.25) is 14.5 Å². The van der Waals surface area contributed by atoms with Gasteiger partial charge < -0.3 is 14.6 Å². The van der Waals surface area contributed by atoms with E-state index in [9.17, 15) is 14.7 Å². The SMILES string of the molecule is C=C1[C@H]2C[C@@]3([C@@H]1OC(C)=O)[C@@H](C[C@@H]2O)[C@@]12C4[C@@H]3C[C@@H]1[C@@](C)(CC[C@@H]2OC(C)=O)CN4CC. The monoisotopic (exact) mass is 443 g/mol. The Morgan fingerprint density at radius 3 is 2.56 bits per heavy atom. The Morgan fingerprint density at radius 1 is 1.19 bits per heavy atom. The molecule has 1 N–H and O–H groups in total. The Morgan fingerprint density at radius 2 is 1.91 bits per heavy atom. The molecule has 0 aromatic rings. The molecule has 5 saturated carbocycles. The predicted octanol–water partition coefficient (Wildman–Crippen LogP) is 2.93. The maximum absolute atomic E-state index is 12.3. The molecular formula is C26H37NO5. The minimum atomic E-state index is -0.475. The molecule has 1 aliphatic heterocycles. The lowest BCUT2D eigenvalue weighted by molar-refractivity contribution is -0.229. The highest BCUT2D eigenvalue weighted by molar-refractivity contribution is 5.67. The fourth-order valence-corrected chi connectivity index (χ4v) is 10.6. The number of likely N-dealkylation sites (tertiary alicyclic amines) is 1. The van der Waals surface area contributed by atoms with E-state index in [1.165, 1.54) is 13.8 Å². The standard InChI is InChI=1S/C26H37NO5/c1-6-27-12-24(5)8-7-21(31-14(3)28)26-19(24)9-17(22(26)27)25-11-16(18(30)10-20(25)26)13(2)23(25)32-15(4)29/h16-23,30H,2,6-12H2,1,3-5H3/t16-,17+,18+,19-,20-,21+,22?,23-,24+,25+,26+/m1/s1. The van der Waals surface area contributed by atoms with E-state index in [-0.39, 0.29) is 52.2 Å². The maximum Gasteiger partial charge on any atom is 0.303 e. The van der Waals surface area contributed by atoms with Crippen LogP contribution in [0.2, 0.25) is 0 Å². The number of fused-ring (bicyclic) bond motifs is 1. The largest absolute Gasteiger partial charge is 0.462 e. The van der Waals surface area contributed by atoms with E-state index < -0.39 is 6.10 Å². The van der Waals surface area contributed by atoms with Crippen LogP contribution in [0.25, 0.3) is 0 Å². The van der Waals surface area contributed by atoms with Gasteiger partial charge in [0, 0.05) is 43.2 Å². The van der Waals surface area contributed by atoms with Gasteiger partial charge in [0.25, 0.3) is 0 Å². The van der Waals surface area contributed by atoms with Crippen LogP contribution < -0.4 is 0 Å². The molecule has 6 heteroatoms. The molecule has 32 heavy (non-hydrogen) atoms. The first-order valence-electron chi connectivity index (χ1n) is 12.6. The Kier molecular flexibility index (Phi) is 4.22. The molecule has 2 spiro atoms. The van der Waals surface area contributed by atoms with Crippen molar-refractivity contribution in [3.8, 4) is 0 Å². The van der Waals surface area contributed by atoms with Crippen molar-refractivity contribution in [2.45, 2.75) is 84.2 Å². The van der Waals surface area contributed by atoms with E-state index in [4.69, 9.17) is 9.47 Å². The number of carbonyl (C=O) groups is 2. The predicted molar refractivity (Wildman–Crippen MR) is 117 cm³/mol. The molecule has 1 saturated heterocycles. The average Bonchev–Trinajstić information content (AvgIpc) is 3.24. The van der Waals surface area contributed by atoms with Crippen molar-refractivity contribution in [3.05, 3.63) is 12.2 Å². The molecule has 6 nitrogen and oxygen atoms in total. The number of hydrogen-bond donors (Lipinski definition) is 1. The Labute approximate surface area is 190 Å². The van der Waals surface area contributed by atoms with Gasteiger partial charge in [-0.25, -0.2) is 0 Å². The summed E-state index contributed by atoms with van der Waals surface area (Å²) in [6.07, 6.45) is 3.63. The van der Waals surface area contributed by atoms with Gasteiger partial charge >= 0.3 is 11.9 Å². The van der Waals surface area contributed by atoms with Gasteiger partial charge in [-0.2, -0.15) is 0 Å². The van der Waals surface area contributed by atoms with Gasteiger partial charge in [0.1, 0.15) is 12.2 Å². The molecule has 0 aromatic heterocycles. The van der Waals surface area contributed by atoms with Crippen molar-refractivity contribution in [2.75, 3.05) is 13.1 Å². The van der Waals surface area contributed by atoms with Crippen LogP contribution in [0.15, 0.2) is 12.2 Å². The highest BCUT2D eigenvalue weighted by atomic mass is 16.5. The molecule has 1 heterocycles. The molecule has 1 unspecified atom stereocenters. The van der Waals surface area contributed by atoms with Gasteiger partial charge in [0.05, 0.1) is 6.10 Å². The summed E-state index contributed by atoms with van der Waals surface area (Å²) in [5, 5.41) is 11.3. The number of esters is 2. The summed E-state index contributed by atoms with van der Waals surface area (Å²) >= 11 is 0. The summed E-state index contributed by atoms with van der Waals surface area (Å²) in [7, 11) is 0. The normalized spacial score (nSPS) is 55.0. The smallest absolute Gasteiger partial charge is 0.303 e. The third-order valence-electron chi connectivity index (χ3n) is 11.1. The second-order valence-electron chi connectivity index (χ2n) is 12.0. The number of aliphatic hydroxyl groups is 1. The van der Waals surface area contributed by atoms with Crippen molar-refractivity contribution in [1.29, 1.82) is 0 Å². The van der Waals surface area contributed by atoms with Crippen LogP contribution in [-0.4, -0.2) is 59.4 Å². The van der Waals surface area contributed by atoms with Crippen molar-refractivity contribution in [3.63, 3.8) is 0 Å². The molecule has 0 radical (unpaired) electrons. The van der Waals surface area contributed by atoms with E-state index in [2.05, 4.69) is 25.3 Å². The first kappa shape index (κ1) is 21.2. The molecule has 0 amide bonds. The first-order chi connectivity index (χ1) is 15.1. The van der Waals surface area contributed by atoms with Crippen LogP contribution in [0.4, 0.5) is 0 Å². The zero-order valence-corrected chi connectivity index (χ0v) is 19.8. The van der Waals surface area contributed by atoms with Crippen LogP contribution in [-0.2, 0) is 19.1 Å². The van der Waals surface area contributed by atoms with E-state index in [1.54, 1.807) is 0 Å². The number of aliphatic hydroxyl groups excluding tert-OH is 1. The van der Waals surface area contributed by atoms with Crippen molar-refractivity contribution >= 4 is 11.9 Å². The molecule has 176 valence electrons. The Balaban J connectivity index is 1.58. The van der Waals surface area contributed by atoms with Crippen molar-refractivity contribution in [1.82, 2.24) is 4.90 Å². The fourth-order valence-electron chi connectivity index (χ4n) is 10.6. The summed E-state index contributed by atoms with van der Waals surface area (Å²) in [5.74, 6) is 0.513. The highest BCUT2D eigenvalue weighted by Gasteiger charge is 2.86. The second-order valence-corrected chi connectivity index (χ2v) is 12.0. The van der Waals surface area contributed by atoms with Crippen LogP contribution in [0.5, 0.6) is 0 Å². The van der Waals surface area contributed by atoms with Crippen LogP contribution >= 0.6 is 0 Å². The van der Waals surface area contributed by atoms with E-state index in [0.29, 0.717) is 24.3 Å². The van der Waals surface area contributed by atoms with Crippen molar-refractivity contribution < 1.29 is 24.2 Å². The maximum atomic E-state index is 12.3. The number of rotatable bonds is 3. The molecule has 6 fully saturated rings. The first-order valence-corrected chi connectivity index (χ1v) is 12.6. The lowest BCUT2D eigenvalue weighted by Crippen LogP contribution is -2.69. The van der Waals surface area contributed by atoms with Gasteiger partial charge in [-0.1, -0.05) is 20.4 Å². The summed E-state index contributed by atoms with van der Waals surface area (Å²) in [6.45, 7) is 14.1. The molecule has 0 aromatic carbocycles. The van der Waals surface area contributed by atoms with Gasteiger partial charge in [0.2, 0.25) is 0 Å². The molecule has 5 aliphatic carbocycles. The molecule has 6 rings (SSSR count). The van der Waals surface area contributed by atoms with Gasteiger partial charge in [-0.15, -0.1) is 0 Å². The Hall–Kier alpha value is -1.40. The van der Waals surface area contributed by atoms with Crippen molar-refractivity contribution in [2.24, 2.45) is 39.9 Å². The molecule has 6 aliphatic rings. The van der Waals surface area contributed by atoms with Crippen LogP contribution in [0.1, 0.15) is 59.8 Å². The zero-order chi connectivity index (χ0) is 22.8. The highest BCUT2D eigenvalue weighted by Crippen LogP contribution is 2.84. The second kappa shape index (κ2) is 6.38. The number of nitrogens with zero attached hydrogens (tertiary/aromatic N) is 1. The summed E-state index contributed by atoms with van der Waals surface area (Å²) in [6, 6.07) is 0.301. The minimum absolute atomic E-state index is 0.0107. The van der Waals surface area contributed by atoms with Gasteiger partial charge in [0.15, 0.2) is 0 Å². The van der Waals surface area contributed by atoms with E-state index in [1.807, 2.05) is 0 Å². The molecule has 7 bridgehead atoms. The fraction of sp³-hybridized carbons (Fsp3) is 0.846. The number of piperidine rings is 1. The topological polar surface area (TPSA) is 76.1 Å². The lowest BCUT2D eigenvalue weighted by Gasteiger charge is -2.65. The average molecular weight is 444 g/mol. The quantitative estimate of drug-likeness (QED) is 0.534. The number of carbonyl (C=O) groups excluding carboxylic acids is 2. The van der Waals surface area contributed by atoms with Gasteiger partial charge in [-0.05, 0) is 67.4 Å². The Bertz CT molecular complexity index is 903. The summed E-state index contributed by atoms with van der Waals surface area (Å²) in [4.78, 5) is 27.2. The summed E-state index contributed by atoms with van der Waals surface area (Å²) in [5.41, 5.74) is 0.696. The van der Waals surface area contributed by atoms with Crippen LogP contribution in [0, 0.1) is 39.9 Å². The third-order valence-corrected chi connectivity index (χ3v) is 11.1. The zero-order valence-electron chi connectivity index (χ0n) is 19.8. The molecular weight excluding hydrogens is 406 g/mol. The lowest BCUT2D eigenvalue weighted by atomic mass is 9.43. The van der Waals surface area contributed by atoms with Crippen LogP contribution in [0.3, 0.4) is 0 Å². The number of ether oxygens (including phenoxy) is 2. The summed E-state index contributed by atoms with van der Waals surface area (Å²) < 4.78 is 12.2. The number of hydrogen-bond acceptors (Lipinski definition) is 6. The third kappa shape index (κ3) is 2.15.